The van der Waals surface area contributed by atoms with Crippen molar-refractivity contribution in [2.75, 3.05) is 11.5 Å². The quantitative estimate of drug-likeness (QED) is 0.547. The van der Waals surface area contributed by atoms with Crippen LogP contribution < -0.4 is 11.5 Å². The molecule has 0 spiro atoms. The molecule has 0 saturated heterocycles. The summed E-state index contributed by atoms with van der Waals surface area (Å²) in [5, 5.41) is 8.65. The Morgan fingerprint density at radius 3 is 2.85 bits per heavy atom. The van der Waals surface area contributed by atoms with Gasteiger partial charge in [-0.3, -0.25) is 0 Å². The largest absolute Gasteiger partial charge is 0.382 e. The van der Waals surface area contributed by atoms with E-state index in [9.17, 15) is 0 Å². The van der Waals surface area contributed by atoms with Gasteiger partial charge in [0.05, 0.1) is 0 Å². The number of imidazole rings is 1. The average Bonchev–Trinajstić information content (AvgIpc) is 2.47. The van der Waals surface area contributed by atoms with Crippen molar-refractivity contribution in [2.45, 2.75) is 0 Å². The van der Waals surface area contributed by atoms with Crippen molar-refractivity contribution in [3.63, 3.8) is 0 Å². The summed E-state index contributed by atoms with van der Waals surface area (Å²) in [6.07, 6.45) is 3.18. The van der Waals surface area contributed by atoms with E-state index in [0.717, 1.165) is 0 Å². The zero-order chi connectivity index (χ0) is 9.42. The molecule has 13 heavy (non-hydrogen) atoms. The molecule has 0 fully saturated rings. The van der Waals surface area contributed by atoms with Gasteiger partial charge in [0.1, 0.15) is 11.8 Å². The van der Waals surface area contributed by atoms with Crippen molar-refractivity contribution in [3.05, 3.63) is 6.33 Å². The topological polar surface area (TPSA) is 119 Å². The fourth-order valence-electron chi connectivity index (χ4n) is 1.04. The summed E-state index contributed by atoms with van der Waals surface area (Å²) in [6, 6.07) is 0. The Hall–Kier alpha value is -2.36. The second kappa shape index (κ2) is 2.31. The van der Waals surface area contributed by atoms with Gasteiger partial charge in [-0.1, -0.05) is 0 Å². The molecule has 2 aromatic rings. The molecule has 0 radical (unpaired) electrons. The van der Waals surface area contributed by atoms with E-state index in [1.54, 1.807) is 0 Å². The van der Waals surface area contributed by atoms with Crippen LogP contribution in [0.1, 0.15) is 0 Å². The van der Waals surface area contributed by atoms with Gasteiger partial charge < -0.3 is 11.5 Å². The van der Waals surface area contributed by atoms with Crippen molar-refractivity contribution in [2.24, 2.45) is 0 Å². The van der Waals surface area contributed by atoms with Crippen molar-refractivity contribution >= 4 is 22.9 Å². The van der Waals surface area contributed by atoms with Crippen molar-refractivity contribution < 1.29 is 0 Å². The summed E-state index contributed by atoms with van der Waals surface area (Å²) >= 11 is 0. The lowest BCUT2D eigenvalue weighted by atomic mass is 10.5. The predicted molar refractivity (Wildman–Crippen MR) is 45.2 cm³/mol. The zero-order valence-electron chi connectivity index (χ0n) is 6.47. The van der Waals surface area contributed by atoms with Crippen LogP contribution in [0.2, 0.25) is 0 Å². The molecular formula is C6H5N7. The van der Waals surface area contributed by atoms with Crippen molar-refractivity contribution in [1.82, 2.24) is 19.5 Å². The zero-order valence-corrected chi connectivity index (χ0v) is 6.47. The van der Waals surface area contributed by atoms with Crippen molar-refractivity contribution in [1.29, 1.82) is 5.26 Å². The molecule has 0 saturated carbocycles. The van der Waals surface area contributed by atoms with E-state index in [2.05, 4.69) is 15.0 Å². The molecule has 7 heteroatoms. The second-order valence-corrected chi connectivity index (χ2v) is 2.35. The first-order valence-electron chi connectivity index (χ1n) is 3.38. The highest BCUT2D eigenvalue weighted by Gasteiger charge is 2.09. The summed E-state index contributed by atoms with van der Waals surface area (Å²) in [5.41, 5.74) is 11.6. The van der Waals surface area contributed by atoms with E-state index in [0.29, 0.717) is 11.2 Å². The van der Waals surface area contributed by atoms with Crippen LogP contribution in [0.3, 0.4) is 0 Å². The molecule has 2 rings (SSSR count). The van der Waals surface area contributed by atoms with Crippen LogP contribution in [0.25, 0.3) is 11.2 Å². The summed E-state index contributed by atoms with van der Waals surface area (Å²) in [5.74, 6) is 0.203. The highest BCUT2D eigenvalue weighted by molar-refractivity contribution is 5.83. The number of nitriles is 1. The minimum Gasteiger partial charge on any atom is -0.382 e. The standard InChI is InChI=1S/C6H5N7/c7-1-13-2-10-5-3(13)4(8)11-6(9)12-5/h2H,(H4,8,9,11,12). The van der Waals surface area contributed by atoms with Crippen LogP contribution >= 0.6 is 0 Å². The first kappa shape index (κ1) is 7.30. The SMILES string of the molecule is N#Cn1cnc2nc(N)nc(N)c21. The third-order valence-corrected chi connectivity index (χ3v) is 1.55. The summed E-state index contributed by atoms with van der Waals surface area (Å²) in [6.45, 7) is 0. The van der Waals surface area contributed by atoms with Crippen LogP contribution in [-0.4, -0.2) is 19.5 Å². The van der Waals surface area contributed by atoms with E-state index in [1.165, 1.54) is 10.9 Å². The Labute approximate surface area is 72.6 Å². The van der Waals surface area contributed by atoms with Gasteiger partial charge in [-0.15, -0.1) is 0 Å². The Morgan fingerprint density at radius 1 is 1.38 bits per heavy atom. The molecule has 2 heterocycles. The third kappa shape index (κ3) is 0.927. The van der Waals surface area contributed by atoms with Gasteiger partial charge in [-0.05, 0) is 0 Å². The average molecular weight is 175 g/mol. The summed E-state index contributed by atoms with van der Waals surface area (Å²) in [4.78, 5) is 11.4. The molecule has 0 bridgehead atoms. The Balaban J connectivity index is 2.92. The Morgan fingerprint density at radius 2 is 2.15 bits per heavy atom. The Bertz CT molecular complexity index is 505. The first-order chi connectivity index (χ1) is 6.22. The van der Waals surface area contributed by atoms with Gasteiger partial charge in [0, 0.05) is 0 Å². The van der Waals surface area contributed by atoms with Gasteiger partial charge in [-0.25, -0.2) is 9.55 Å². The van der Waals surface area contributed by atoms with Gasteiger partial charge in [-0.2, -0.15) is 15.2 Å². The van der Waals surface area contributed by atoms with Gasteiger partial charge in [0.25, 0.3) is 0 Å². The number of hydrogen-bond donors (Lipinski definition) is 2. The van der Waals surface area contributed by atoms with Crippen LogP contribution in [0.5, 0.6) is 0 Å². The van der Waals surface area contributed by atoms with E-state index in [-0.39, 0.29) is 11.8 Å². The lowest BCUT2D eigenvalue weighted by Gasteiger charge is -1.96. The minimum atomic E-state index is 0.0492. The lowest BCUT2D eigenvalue weighted by molar-refractivity contribution is 1.11. The number of hydrogen-bond acceptors (Lipinski definition) is 6. The number of anilines is 2. The third-order valence-electron chi connectivity index (χ3n) is 1.55. The van der Waals surface area contributed by atoms with Crippen LogP contribution in [0.15, 0.2) is 6.33 Å². The molecule has 7 nitrogen and oxygen atoms in total. The number of rotatable bonds is 0. The maximum Gasteiger partial charge on any atom is 0.224 e. The molecule has 0 aliphatic heterocycles. The summed E-state index contributed by atoms with van der Waals surface area (Å²) < 4.78 is 1.18. The maximum atomic E-state index is 8.65. The van der Waals surface area contributed by atoms with Crippen LogP contribution in [-0.2, 0) is 0 Å². The fourth-order valence-corrected chi connectivity index (χ4v) is 1.04. The molecule has 0 aliphatic rings. The number of fused-ring (bicyclic) bond motifs is 1. The number of aromatic nitrogens is 4. The number of nitrogens with zero attached hydrogens (tertiary/aromatic N) is 5. The van der Waals surface area contributed by atoms with Crippen molar-refractivity contribution in [3.8, 4) is 6.19 Å². The normalized spacial score (nSPS) is 10.1. The van der Waals surface area contributed by atoms with E-state index in [4.69, 9.17) is 16.7 Å². The van der Waals surface area contributed by atoms with E-state index < -0.39 is 0 Å². The Kier molecular flexibility index (Phi) is 1.30. The highest BCUT2D eigenvalue weighted by atomic mass is 15.1. The molecule has 0 unspecified atom stereocenters. The van der Waals surface area contributed by atoms with E-state index in [1.807, 2.05) is 6.19 Å². The number of nitrogen functional groups attached to an aromatic ring is 2. The molecule has 4 N–H and O–H groups in total. The van der Waals surface area contributed by atoms with E-state index >= 15 is 0 Å². The highest BCUT2D eigenvalue weighted by Crippen LogP contribution is 2.16. The fraction of sp³-hybridized carbons (Fsp3) is 0. The van der Waals surface area contributed by atoms with Crippen LogP contribution in [0.4, 0.5) is 11.8 Å². The molecule has 64 valence electrons. The lowest BCUT2D eigenvalue weighted by Crippen LogP contribution is -2.01. The minimum absolute atomic E-state index is 0.0492. The second-order valence-electron chi connectivity index (χ2n) is 2.35. The molecular weight excluding hydrogens is 170 g/mol. The molecule has 0 aromatic carbocycles. The molecule has 0 atom stereocenters. The number of nitrogens with two attached hydrogens (primary N) is 2. The van der Waals surface area contributed by atoms with Gasteiger partial charge in [0.2, 0.25) is 5.95 Å². The van der Waals surface area contributed by atoms with Gasteiger partial charge in [0.15, 0.2) is 17.7 Å². The predicted octanol–water partition coefficient (Wildman–Crippen LogP) is -0.680. The molecule has 0 aliphatic carbocycles. The monoisotopic (exact) mass is 175 g/mol. The summed E-state index contributed by atoms with van der Waals surface area (Å²) in [7, 11) is 0. The molecule has 2 aromatic heterocycles. The van der Waals surface area contributed by atoms with Gasteiger partial charge >= 0.3 is 0 Å². The maximum absolute atomic E-state index is 8.65. The first-order valence-corrected chi connectivity index (χ1v) is 3.38. The smallest absolute Gasteiger partial charge is 0.224 e. The van der Waals surface area contributed by atoms with Crippen LogP contribution in [0, 0.1) is 11.5 Å². The molecule has 0 amide bonds.